The Hall–Kier alpha value is -2.48. The van der Waals surface area contributed by atoms with Crippen molar-refractivity contribution in [1.29, 1.82) is 0 Å². The number of nitrogens with two attached hydrogens (primary N) is 3. The minimum atomic E-state index is 0. The van der Waals surface area contributed by atoms with Crippen molar-refractivity contribution in [2.24, 2.45) is 21.0 Å². The first-order valence-corrected chi connectivity index (χ1v) is 7.47. The first-order chi connectivity index (χ1) is 11.5. The van der Waals surface area contributed by atoms with Gasteiger partial charge in [0.25, 0.3) is 0 Å². The largest absolute Gasteiger partial charge is 0.398 e. The highest BCUT2D eigenvalue weighted by Crippen LogP contribution is 2.17. The summed E-state index contributed by atoms with van der Waals surface area (Å²) in [5, 5.41) is 12.6. The molecular formula is C15H16Cl3N7. The summed E-state index contributed by atoms with van der Waals surface area (Å²) in [6.45, 7) is 0. The zero-order valence-corrected chi connectivity index (χ0v) is 15.2. The van der Waals surface area contributed by atoms with E-state index in [1.54, 1.807) is 36.4 Å². The number of hydrazone groups is 1. The molecule has 10 heteroatoms. The first-order valence-electron chi connectivity index (χ1n) is 6.71. The molecule has 132 valence electrons. The Morgan fingerprint density at radius 3 is 1.96 bits per heavy atom. The molecule has 0 amide bonds. The van der Waals surface area contributed by atoms with E-state index in [0.717, 1.165) is 0 Å². The maximum absolute atomic E-state index is 5.82. The Labute approximate surface area is 161 Å². The second-order valence-corrected chi connectivity index (χ2v) is 5.52. The fourth-order valence-electron chi connectivity index (χ4n) is 1.67. The summed E-state index contributed by atoms with van der Waals surface area (Å²) < 4.78 is 0. The highest BCUT2D eigenvalue weighted by atomic mass is 35.5. The van der Waals surface area contributed by atoms with Gasteiger partial charge >= 0.3 is 0 Å². The van der Waals surface area contributed by atoms with Crippen LogP contribution < -0.4 is 22.6 Å². The predicted molar refractivity (Wildman–Crippen MR) is 109 cm³/mol. The van der Waals surface area contributed by atoms with Crippen molar-refractivity contribution in [2.75, 3.05) is 11.5 Å². The molecule has 0 aliphatic carbocycles. The van der Waals surface area contributed by atoms with Crippen molar-refractivity contribution >= 4 is 65.4 Å². The fourth-order valence-corrected chi connectivity index (χ4v) is 2.03. The van der Waals surface area contributed by atoms with E-state index in [1.807, 2.05) is 0 Å². The van der Waals surface area contributed by atoms with Crippen LogP contribution in [0.25, 0.3) is 0 Å². The number of hydrogen-bond donors (Lipinski definition) is 4. The van der Waals surface area contributed by atoms with E-state index in [1.165, 1.54) is 12.4 Å². The molecule has 0 atom stereocenters. The number of nitrogen functional groups attached to an aromatic ring is 2. The standard InChI is InChI=1S/C15H15Cl2N7.ClH/c16-11-3-1-9(13(18)5-11)7-21-23-15(20)24-22-8-10-2-4-12(17)6-14(10)19;/h1-8H,18-19H2,(H3,20,23,24);1H/b21-7+,22-8+;. The monoisotopic (exact) mass is 399 g/mol. The predicted octanol–water partition coefficient (Wildman–Crippen LogP) is 2.85. The number of guanidine groups is 1. The van der Waals surface area contributed by atoms with Crippen LogP contribution in [0.15, 0.2) is 51.7 Å². The molecule has 0 fully saturated rings. The Morgan fingerprint density at radius 1 is 0.920 bits per heavy atom. The minimum absolute atomic E-state index is 0. The van der Waals surface area contributed by atoms with Gasteiger partial charge in [-0.05, 0) is 36.4 Å². The molecule has 0 aliphatic heterocycles. The van der Waals surface area contributed by atoms with Gasteiger partial charge in [0.15, 0.2) is 0 Å². The lowest BCUT2D eigenvalue weighted by Gasteiger charge is -2.01. The van der Waals surface area contributed by atoms with Gasteiger partial charge in [0.05, 0.1) is 12.4 Å². The average Bonchev–Trinajstić information content (AvgIpc) is 2.51. The third-order valence-corrected chi connectivity index (χ3v) is 3.31. The van der Waals surface area contributed by atoms with Crippen LogP contribution in [0.5, 0.6) is 0 Å². The number of hydrogen-bond acceptors (Lipinski definition) is 5. The Balaban J connectivity index is 0.00000312. The van der Waals surface area contributed by atoms with Crippen molar-refractivity contribution in [2.45, 2.75) is 0 Å². The molecular weight excluding hydrogens is 385 g/mol. The Kier molecular flexibility index (Phi) is 8.00. The summed E-state index contributed by atoms with van der Waals surface area (Å²) in [6.07, 6.45) is 2.95. The molecule has 2 aromatic carbocycles. The van der Waals surface area contributed by atoms with Crippen LogP contribution in [-0.2, 0) is 0 Å². The van der Waals surface area contributed by atoms with E-state index in [2.05, 4.69) is 20.7 Å². The zero-order chi connectivity index (χ0) is 17.5. The molecule has 7 nitrogen and oxygen atoms in total. The summed E-state index contributed by atoms with van der Waals surface area (Å²) >= 11 is 11.6. The molecule has 0 heterocycles. The second kappa shape index (κ2) is 9.73. The van der Waals surface area contributed by atoms with Crippen molar-refractivity contribution in [3.05, 3.63) is 57.6 Å². The minimum Gasteiger partial charge on any atom is -0.398 e. The Bertz CT molecular complexity index is 819. The van der Waals surface area contributed by atoms with Crippen LogP contribution in [0.4, 0.5) is 11.4 Å². The van der Waals surface area contributed by atoms with E-state index in [4.69, 9.17) is 40.4 Å². The van der Waals surface area contributed by atoms with Crippen LogP contribution >= 0.6 is 35.6 Å². The smallest absolute Gasteiger partial charge is 0.234 e. The molecule has 2 rings (SSSR count). The van der Waals surface area contributed by atoms with Crippen molar-refractivity contribution < 1.29 is 0 Å². The molecule has 0 unspecified atom stereocenters. The molecule has 0 spiro atoms. The molecule has 0 saturated heterocycles. The van der Waals surface area contributed by atoms with Crippen molar-refractivity contribution in [3.8, 4) is 0 Å². The summed E-state index contributed by atoms with van der Waals surface area (Å²) in [7, 11) is 0. The van der Waals surface area contributed by atoms with Gasteiger partial charge in [-0.3, -0.25) is 0 Å². The van der Waals surface area contributed by atoms with Crippen LogP contribution in [0.2, 0.25) is 10.0 Å². The quantitative estimate of drug-likeness (QED) is 0.272. The number of anilines is 2. The third kappa shape index (κ3) is 6.50. The summed E-state index contributed by atoms with van der Waals surface area (Å²) in [5.74, 6) is 0.00238. The normalized spacial score (nSPS) is 11.7. The van der Waals surface area contributed by atoms with Gasteiger partial charge in [-0.2, -0.15) is 10.2 Å². The Morgan fingerprint density at radius 2 is 1.44 bits per heavy atom. The van der Waals surface area contributed by atoms with E-state index in [-0.39, 0.29) is 18.4 Å². The van der Waals surface area contributed by atoms with Crippen LogP contribution in [0, 0.1) is 0 Å². The molecule has 0 aliphatic rings. The van der Waals surface area contributed by atoms with Crippen LogP contribution in [0.1, 0.15) is 11.1 Å². The van der Waals surface area contributed by atoms with Gasteiger partial charge in [-0.25, -0.2) is 5.43 Å². The van der Waals surface area contributed by atoms with E-state index in [9.17, 15) is 0 Å². The van der Waals surface area contributed by atoms with Crippen LogP contribution in [0.3, 0.4) is 0 Å². The van der Waals surface area contributed by atoms with Crippen molar-refractivity contribution in [3.63, 3.8) is 0 Å². The number of halogens is 3. The third-order valence-electron chi connectivity index (χ3n) is 2.84. The lowest BCUT2D eigenvalue weighted by molar-refractivity contribution is 0.994. The summed E-state index contributed by atoms with van der Waals surface area (Å²) in [4.78, 5) is 0. The van der Waals surface area contributed by atoms with E-state index in [0.29, 0.717) is 32.5 Å². The molecule has 25 heavy (non-hydrogen) atoms. The van der Waals surface area contributed by atoms with Crippen molar-refractivity contribution in [1.82, 2.24) is 5.43 Å². The van der Waals surface area contributed by atoms with Gasteiger partial charge < -0.3 is 17.2 Å². The van der Waals surface area contributed by atoms with Gasteiger partial charge in [0, 0.05) is 32.5 Å². The maximum Gasteiger partial charge on any atom is 0.234 e. The van der Waals surface area contributed by atoms with Gasteiger partial charge in [0.1, 0.15) is 0 Å². The number of benzene rings is 2. The fraction of sp³-hybridized carbons (Fsp3) is 0. The number of nitrogens with zero attached hydrogens (tertiary/aromatic N) is 3. The second-order valence-electron chi connectivity index (χ2n) is 4.65. The van der Waals surface area contributed by atoms with Gasteiger partial charge in [-0.15, -0.1) is 17.5 Å². The molecule has 0 saturated carbocycles. The SMILES string of the molecule is Cl.N/C(=N\N=C\c1ccc(Cl)cc1N)N/N=C/c1ccc(Cl)cc1N. The van der Waals surface area contributed by atoms with E-state index >= 15 is 0 Å². The topological polar surface area (TPSA) is 127 Å². The zero-order valence-electron chi connectivity index (χ0n) is 12.9. The van der Waals surface area contributed by atoms with E-state index < -0.39 is 0 Å². The first kappa shape index (κ1) is 20.6. The average molecular weight is 401 g/mol. The maximum atomic E-state index is 5.82. The number of rotatable bonds is 4. The van der Waals surface area contributed by atoms with Gasteiger partial charge in [0.2, 0.25) is 5.96 Å². The lowest BCUT2D eigenvalue weighted by atomic mass is 10.2. The highest BCUT2D eigenvalue weighted by molar-refractivity contribution is 6.31. The highest BCUT2D eigenvalue weighted by Gasteiger charge is 1.97. The molecule has 0 radical (unpaired) electrons. The summed E-state index contributed by atoms with van der Waals surface area (Å²) in [6, 6.07) is 10.1. The number of nitrogens with one attached hydrogen (secondary N) is 1. The van der Waals surface area contributed by atoms with Crippen LogP contribution in [-0.4, -0.2) is 18.4 Å². The lowest BCUT2D eigenvalue weighted by Crippen LogP contribution is -2.26. The molecule has 0 aromatic heterocycles. The molecule has 7 N–H and O–H groups in total. The summed E-state index contributed by atoms with van der Waals surface area (Å²) in [5.41, 5.74) is 22.1. The molecule has 2 aromatic rings. The molecule has 0 bridgehead atoms. The van der Waals surface area contributed by atoms with Gasteiger partial charge in [-0.1, -0.05) is 23.2 Å².